The van der Waals surface area contributed by atoms with E-state index in [2.05, 4.69) is 5.10 Å². The van der Waals surface area contributed by atoms with Crippen molar-refractivity contribution in [1.82, 2.24) is 0 Å². The van der Waals surface area contributed by atoms with Gasteiger partial charge in [0.25, 0.3) is 0 Å². The minimum Gasteiger partial charge on any atom is -0.434 e. The molecule has 0 amide bonds. The highest BCUT2D eigenvalue weighted by molar-refractivity contribution is 6.36. The summed E-state index contributed by atoms with van der Waals surface area (Å²) in [7, 11) is 1.58. The van der Waals surface area contributed by atoms with Crippen LogP contribution in [-0.2, 0) is 14.2 Å². The van der Waals surface area contributed by atoms with Crippen LogP contribution >= 0.6 is 23.2 Å². The zero-order valence-corrected chi connectivity index (χ0v) is 15.5. The summed E-state index contributed by atoms with van der Waals surface area (Å²) in [5.74, 6) is 0.233. The Morgan fingerprint density at radius 1 is 1.42 bits per heavy atom. The maximum absolute atomic E-state index is 11.6. The molecule has 0 fully saturated rings. The number of halogens is 2. The lowest BCUT2D eigenvalue weighted by Gasteiger charge is -2.39. The van der Waals surface area contributed by atoms with Gasteiger partial charge in [0.1, 0.15) is 0 Å². The first-order chi connectivity index (χ1) is 11.3. The minimum absolute atomic E-state index is 0.0290. The molecule has 1 aromatic carbocycles. The first kappa shape index (κ1) is 18.8. The summed E-state index contributed by atoms with van der Waals surface area (Å²) in [6.45, 7) is 5.90. The normalized spacial score (nSPS) is 20.3. The lowest BCUT2D eigenvalue weighted by atomic mass is 9.95. The third-order valence-electron chi connectivity index (χ3n) is 3.83. The Balaban J connectivity index is 2.41. The van der Waals surface area contributed by atoms with E-state index in [1.54, 1.807) is 37.2 Å². The summed E-state index contributed by atoms with van der Waals surface area (Å²) in [6.07, 6.45) is -0.520. The Bertz CT molecular complexity index is 651. The summed E-state index contributed by atoms with van der Waals surface area (Å²) in [5, 5.41) is 6.96. The zero-order valence-electron chi connectivity index (χ0n) is 14.0. The van der Waals surface area contributed by atoms with E-state index in [0.29, 0.717) is 15.7 Å². The molecule has 1 aromatic rings. The highest BCUT2D eigenvalue weighted by Crippen LogP contribution is 2.42. The maximum atomic E-state index is 11.6. The monoisotopic (exact) mass is 374 g/mol. The van der Waals surface area contributed by atoms with Crippen molar-refractivity contribution in [2.75, 3.05) is 18.7 Å². The largest absolute Gasteiger partial charge is 0.514 e. The van der Waals surface area contributed by atoms with Crippen molar-refractivity contribution in [3.8, 4) is 0 Å². The van der Waals surface area contributed by atoms with Crippen molar-refractivity contribution < 1.29 is 19.0 Å². The molecule has 0 N–H and O–H groups in total. The summed E-state index contributed by atoms with van der Waals surface area (Å²) in [4.78, 5) is 11.6. The van der Waals surface area contributed by atoms with Gasteiger partial charge < -0.3 is 14.2 Å². The van der Waals surface area contributed by atoms with E-state index >= 15 is 0 Å². The van der Waals surface area contributed by atoms with Gasteiger partial charge in [-0.15, -0.1) is 5.10 Å². The Labute approximate surface area is 151 Å². The van der Waals surface area contributed by atoms with E-state index in [9.17, 15) is 4.79 Å². The first-order valence-corrected chi connectivity index (χ1v) is 8.32. The number of carbonyl (C=O) groups is 1. The molecule has 1 aliphatic rings. The average molecular weight is 375 g/mol. The fourth-order valence-electron chi connectivity index (χ4n) is 2.58. The molecule has 1 atom stereocenters. The number of carbonyl (C=O) groups excluding carboxylic acids is 1. The van der Waals surface area contributed by atoms with Crippen LogP contribution in [0.2, 0.25) is 10.0 Å². The van der Waals surface area contributed by atoms with Crippen molar-refractivity contribution in [1.29, 1.82) is 0 Å². The Hall–Kier alpha value is -1.50. The molecular formula is C16H20Cl2N2O4. The molecule has 24 heavy (non-hydrogen) atoms. The summed E-state index contributed by atoms with van der Waals surface area (Å²) >= 11 is 12.3. The number of hydrogen-bond acceptors (Lipinski definition) is 6. The van der Waals surface area contributed by atoms with Crippen molar-refractivity contribution in [3.63, 3.8) is 0 Å². The van der Waals surface area contributed by atoms with Crippen LogP contribution < -0.4 is 5.01 Å². The van der Waals surface area contributed by atoms with Gasteiger partial charge in [-0.25, -0.2) is 9.80 Å². The average Bonchev–Trinajstić information content (AvgIpc) is 2.87. The highest BCUT2D eigenvalue weighted by atomic mass is 35.5. The standard InChI is InChI=1S/C16H20Cl2N2O4/c1-5-23-15(21)24-14-9-16(22-4,10(2)3)20(19-14)13-7-6-11(17)8-12(13)18/h6-8,10H,5,9H2,1-4H3. The molecular weight excluding hydrogens is 355 g/mol. The molecule has 132 valence electrons. The number of hydrogen-bond donors (Lipinski definition) is 0. The van der Waals surface area contributed by atoms with Crippen molar-refractivity contribution in [3.05, 3.63) is 28.2 Å². The molecule has 1 unspecified atom stereocenters. The van der Waals surface area contributed by atoms with Crippen LogP contribution in [-0.4, -0.2) is 31.5 Å². The predicted molar refractivity (Wildman–Crippen MR) is 93.7 cm³/mol. The van der Waals surface area contributed by atoms with Crippen LogP contribution in [0.25, 0.3) is 0 Å². The zero-order chi connectivity index (χ0) is 17.9. The van der Waals surface area contributed by atoms with Crippen molar-refractivity contribution in [2.45, 2.75) is 32.9 Å². The van der Waals surface area contributed by atoms with Crippen molar-refractivity contribution in [2.24, 2.45) is 11.0 Å². The van der Waals surface area contributed by atoms with E-state index in [4.69, 9.17) is 37.4 Å². The Morgan fingerprint density at radius 2 is 2.12 bits per heavy atom. The van der Waals surface area contributed by atoms with Gasteiger partial charge in [0, 0.05) is 18.1 Å². The fourth-order valence-corrected chi connectivity index (χ4v) is 3.07. The second kappa shape index (κ2) is 7.59. The first-order valence-electron chi connectivity index (χ1n) is 7.56. The summed E-state index contributed by atoms with van der Waals surface area (Å²) in [5.41, 5.74) is -0.224. The molecule has 0 aromatic heterocycles. The number of rotatable bonds is 4. The molecule has 1 aliphatic heterocycles. The smallest absolute Gasteiger partial charge is 0.434 e. The topological polar surface area (TPSA) is 60.4 Å². The predicted octanol–water partition coefficient (Wildman–Crippen LogP) is 4.69. The number of benzene rings is 1. The minimum atomic E-state index is -0.834. The van der Waals surface area contributed by atoms with Gasteiger partial charge in [-0.05, 0) is 25.1 Å². The number of methoxy groups -OCH3 is 1. The molecule has 0 spiro atoms. The van der Waals surface area contributed by atoms with E-state index in [1.807, 2.05) is 13.8 Å². The molecule has 0 radical (unpaired) electrons. The van der Waals surface area contributed by atoms with E-state index < -0.39 is 11.9 Å². The molecule has 2 rings (SSSR count). The van der Waals surface area contributed by atoms with Crippen molar-refractivity contribution >= 4 is 40.9 Å². The molecule has 0 bridgehead atoms. The number of ether oxygens (including phenoxy) is 3. The fraction of sp³-hybridized carbons (Fsp3) is 0.500. The van der Waals surface area contributed by atoms with E-state index in [-0.39, 0.29) is 24.8 Å². The van der Waals surface area contributed by atoms with Gasteiger partial charge in [0.2, 0.25) is 5.90 Å². The lowest BCUT2D eigenvalue weighted by molar-refractivity contribution is -0.0388. The van der Waals surface area contributed by atoms with Crippen LogP contribution in [0.4, 0.5) is 10.5 Å². The number of anilines is 1. The highest BCUT2D eigenvalue weighted by Gasteiger charge is 2.48. The van der Waals surface area contributed by atoms with Gasteiger partial charge in [-0.1, -0.05) is 37.0 Å². The Morgan fingerprint density at radius 3 is 2.67 bits per heavy atom. The summed E-state index contributed by atoms with van der Waals surface area (Å²) in [6, 6.07) is 5.08. The summed E-state index contributed by atoms with van der Waals surface area (Å²) < 4.78 is 15.7. The molecule has 8 heteroatoms. The number of hydrazone groups is 1. The second-order valence-electron chi connectivity index (χ2n) is 5.57. The lowest BCUT2D eigenvalue weighted by Crippen LogP contribution is -2.49. The third kappa shape index (κ3) is 3.61. The second-order valence-corrected chi connectivity index (χ2v) is 6.41. The molecule has 1 heterocycles. The van der Waals surface area contributed by atoms with Crippen LogP contribution in [0, 0.1) is 5.92 Å². The quantitative estimate of drug-likeness (QED) is 0.715. The molecule has 6 nitrogen and oxygen atoms in total. The van der Waals surface area contributed by atoms with Crippen LogP contribution in [0.5, 0.6) is 0 Å². The van der Waals surface area contributed by atoms with Crippen LogP contribution in [0.3, 0.4) is 0 Å². The SMILES string of the molecule is CCOC(=O)OC1=NN(c2ccc(Cl)cc2Cl)C(OC)(C(C)C)C1. The molecule has 0 saturated carbocycles. The number of nitrogens with zero attached hydrogens (tertiary/aromatic N) is 2. The van der Waals surface area contributed by atoms with E-state index in [0.717, 1.165) is 0 Å². The van der Waals surface area contributed by atoms with Gasteiger partial charge in [0.05, 0.1) is 23.7 Å². The van der Waals surface area contributed by atoms with Gasteiger partial charge >= 0.3 is 6.16 Å². The van der Waals surface area contributed by atoms with Crippen LogP contribution in [0.1, 0.15) is 27.2 Å². The van der Waals surface area contributed by atoms with Gasteiger partial charge in [-0.3, -0.25) is 0 Å². The van der Waals surface area contributed by atoms with Crippen LogP contribution in [0.15, 0.2) is 23.3 Å². The van der Waals surface area contributed by atoms with Gasteiger partial charge in [-0.2, -0.15) is 0 Å². The van der Waals surface area contributed by atoms with E-state index in [1.165, 1.54) is 0 Å². The maximum Gasteiger partial charge on any atom is 0.514 e. The molecule has 0 aliphatic carbocycles. The molecule has 0 saturated heterocycles. The third-order valence-corrected chi connectivity index (χ3v) is 4.37. The van der Waals surface area contributed by atoms with Gasteiger partial charge in [0.15, 0.2) is 5.72 Å². The Kier molecular flexibility index (Phi) is 5.96.